The second-order valence-corrected chi connectivity index (χ2v) is 5.56. The van der Waals surface area contributed by atoms with E-state index in [1.165, 1.54) is 0 Å². The van der Waals surface area contributed by atoms with Crippen molar-refractivity contribution >= 4 is 29.9 Å². The Balaban J connectivity index is 0.00000364. The van der Waals surface area contributed by atoms with Gasteiger partial charge in [-0.2, -0.15) is 5.26 Å². The molecule has 142 valence electrons. The summed E-state index contributed by atoms with van der Waals surface area (Å²) < 4.78 is 5.68. The molecule has 0 saturated carbocycles. The number of nitriles is 1. The molecule has 0 bridgehead atoms. The summed E-state index contributed by atoms with van der Waals surface area (Å²) >= 11 is 0. The van der Waals surface area contributed by atoms with Crippen molar-refractivity contribution in [2.75, 3.05) is 13.2 Å². The van der Waals surface area contributed by atoms with Crippen LogP contribution in [0.25, 0.3) is 0 Å². The Morgan fingerprint density at radius 1 is 1.19 bits per heavy atom. The highest BCUT2D eigenvalue weighted by molar-refractivity contribution is 14.0. The van der Waals surface area contributed by atoms with Gasteiger partial charge in [-0.25, -0.2) is 4.99 Å². The van der Waals surface area contributed by atoms with Gasteiger partial charge < -0.3 is 15.4 Å². The molecule has 2 N–H and O–H groups in total. The predicted molar refractivity (Wildman–Crippen MR) is 120 cm³/mol. The minimum absolute atomic E-state index is 0. The second kappa shape index (κ2) is 12.8. The molecule has 2 rings (SSSR count). The first-order valence-corrected chi connectivity index (χ1v) is 8.59. The van der Waals surface area contributed by atoms with E-state index >= 15 is 0 Å². The van der Waals surface area contributed by atoms with Gasteiger partial charge >= 0.3 is 0 Å². The largest absolute Gasteiger partial charge is 0.489 e. The van der Waals surface area contributed by atoms with Crippen molar-refractivity contribution in [1.82, 2.24) is 10.6 Å². The van der Waals surface area contributed by atoms with Gasteiger partial charge in [-0.05, 0) is 30.7 Å². The van der Waals surface area contributed by atoms with Crippen molar-refractivity contribution < 1.29 is 4.74 Å². The number of halogens is 1. The summed E-state index contributed by atoms with van der Waals surface area (Å²) in [6, 6.07) is 17.5. The minimum atomic E-state index is 0. The average Bonchev–Trinajstić information content (AvgIpc) is 2.69. The topological polar surface area (TPSA) is 69.4 Å². The second-order valence-electron chi connectivity index (χ2n) is 5.56. The highest BCUT2D eigenvalue weighted by Crippen LogP contribution is 2.17. The van der Waals surface area contributed by atoms with E-state index in [1.807, 2.05) is 43.3 Å². The van der Waals surface area contributed by atoms with E-state index in [9.17, 15) is 0 Å². The standard InChI is InChI=1S/C21H24N4O.HI/c1-3-13-26-20-8-6-5-7-19(20)16-25-21(23-4-2)24-15-18-11-9-17(14-22)10-12-18;/h3,5-12H,1,4,13,15-16H2,2H3,(H2,23,24,25);1H. The number of nitrogens with zero attached hydrogens (tertiary/aromatic N) is 2. The van der Waals surface area contributed by atoms with Gasteiger partial charge in [0.25, 0.3) is 0 Å². The monoisotopic (exact) mass is 476 g/mol. The van der Waals surface area contributed by atoms with Gasteiger partial charge in [0.1, 0.15) is 12.4 Å². The Bertz CT molecular complexity index is 782. The first kappa shape index (κ1) is 22.5. The lowest BCUT2D eigenvalue weighted by Crippen LogP contribution is -2.36. The molecule has 27 heavy (non-hydrogen) atoms. The Morgan fingerprint density at radius 3 is 2.59 bits per heavy atom. The molecule has 5 nitrogen and oxygen atoms in total. The van der Waals surface area contributed by atoms with E-state index in [2.05, 4.69) is 28.3 Å². The number of para-hydroxylation sites is 1. The van der Waals surface area contributed by atoms with Crippen LogP contribution >= 0.6 is 24.0 Å². The molecule has 0 radical (unpaired) electrons. The number of aliphatic imine (C=N–C) groups is 1. The van der Waals surface area contributed by atoms with Crippen molar-refractivity contribution in [3.63, 3.8) is 0 Å². The third-order valence-electron chi connectivity index (χ3n) is 3.62. The molecular weight excluding hydrogens is 451 g/mol. The lowest BCUT2D eigenvalue weighted by atomic mass is 10.1. The molecule has 0 saturated heterocycles. The summed E-state index contributed by atoms with van der Waals surface area (Å²) in [6.07, 6.45) is 1.73. The van der Waals surface area contributed by atoms with Crippen LogP contribution in [0.2, 0.25) is 0 Å². The van der Waals surface area contributed by atoms with Crippen LogP contribution in [0.3, 0.4) is 0 Å². The zero-order valence-electron chi connectivity index (χ0n) is 15.4. The zero-order valence-corrected chi connectivity index (χ0v) is 17.8. The Morgan fingerprint density at radius 2 is 1.93 bits per heavy atom. The van der Waals surface area contributed by atoms with Crippen LogP contribution in [0.1, 0.15) is 23.6 Å². The summed E-state index contributed by atoms with van der Waals surface area (Å²) in [5.41, 5.74) is 2.76. The lowest BCUT2D eigenvalue weighted by molar-refractivity contribution is 0.358. The van der Waals surface area contributed by atoms with Crippen molar-refractivity contribution in [3.05, 3.63) is 77.9 Å². The summed E-state index contributed by atoms with van der Waals surface area (Å²) in [4.78, 5) is 4.60. The first-order chi connectivity index (χ1) is 12.8. The smallest absolute Gasteiger partial charge is 0.191 e. The Hall–Kier alpha value is -2.53. The SMILES string of the molecule is C=CCOc1ccccc1CNC(=NCc1ccc(C#N)cc1)NCC.I. The minimum Gasteiger partial charge on any atom is -0.489 e. The maximum absolute atomic E-state index is 8.86. The van der Waals surface area contributed by atoms with Gasteiger partial charge in [0.2, 0.25) is 0 Å². The molecule has 0 unspecified atom stereocenters. The molecule has 2 aromatic carbocycles. The molecule has 6 heteroatoms. The van der Waals surface area contributed by atoms with Crippen LogP contribution < -0.4 is 15.4 Å². The van der Waals surface area contributed by atoms with E-state index in [4.69, 9.17) is 10.00 Å². The molecule has 0 spiro atoms. The van der Waals surface area contributed by atoms with Gasteiger partial charge in [0.05, 0.1) is 18.2 Å². The van der Waals surface area contributed by atoms with Gasteiger partial charge in [-0.1, -0.05) is 43.0 Å². The first-order valence-electron chi connectivity index (χ1n) is 8.59. The van der Waals surface area contributed by atoms with Crippen molar-refractivity contribution in [2.45, 2.75) is 20.0 Å². The van der Waals surface area contributed by atoms with Crippen LogP contribution in [0.5, 0.6) is 5.75 Å². The molecule has 0 atom stereocenters. The Labute approximate surface area is 178 Å². The van der Waals surface area contributed by atoms with Crippen molar-refractivity contribution in [2.24, 2.45) is 4.99 Å². The van der Waals surface area contributed by atoms with Gasteiger partial charge in [-0.15, -0.1) is 24.0 Å². The number of guanidine groups is 1. The van der Waals surface area contributed by atoms with Crippen LogP contribution in [0.4, 0.5) is 0 Å². The quantitative estimate of drug-likeness (QED) is 0.262. The molecule has 0 amide bonds. The number of benzene rings is 2. The average molecular weight is 476 g/mol. The summed E-state index contributed by atoms with van der Waals surface area (Å²) in [5, 5.41) is 15.4. The van der Waals surface area contributed by atoms with Crippen LogP contribution in [-0.2, 0) is 13.1 Å². The van der Waals surface area contributed by atoms with Crippen LogP contribution in [0.15, 0.2) is 66.2 Å². The summed E-state index contributed by atoms with van der Waals surface area (Å²) in [6.45, 7) is 8.10. The predicted octanol–water partition coefficient (Wildman–Crippen LogP) is 4.00. The summed E-state index contributed by atoms with van der Waals surface area (Å²) in [7, 11) is 0. The molecule has 0 aromatic heterocycles. The van der Waals surface area contributed by atoms with E-state index in [0.29, 0.717) is 25.3 Å². The fourth-order valence-corrected chi connectivity index (χ4v) is 2.32. The number of hydrogen-bond donors (Lipinski definition) is 2. The molecular formula is C21H25IN4O. The van der Waals surface area contributed by atoms with E-state index in [1.54, 1.807) is 18.2 Å². The van der Waals surface area contributed by atoms with Gasteiger partial charge in [0.15, 0.2) is 5.96 Å². The normalized spacial score (nSPS) is 10.3. The number of hydrogen-bond acceptors (Lipinski definition) is 3. The maximum Gasteiger partial charge on any atom is 0.191 e. The molecule has 2 aromatic rings. The highest BCUT2D eigenvalue weighted by Gasteiger charge is 2.04. The Kier molecular flexibility index (Phi) is 10.6. The molecule has 0 aliphatic carbocycles. The maximum atomic E-state index is 8.86. The zero-order chi connectivity index (χ0) is 18.6. The molecule has 0 aliphatic rings. The highest BCUT2D eigenvalue weighted by atomic mass is 127. The fraction of sp³-hybridized carbons (Fsp3) is 0.238. The fourth-order valence-electron chi connectivity index (χ4n) is 2.32. The molecule has 0 aliphatic heterocycles. The molecule has 0 fully saturated rings. The van der Waals surface area contributed by atoms with Crippen molar-refractivity contribution in [1.29, 1.82) is 5.26 Å². The lowest BCUT2D eigenvalue weighted by Gasteiger charge is -2.14. The number of nitrogens with one attached hydrogen (secondary N) is 2. The number of ether oxygens (including phenoxy) is 1. The number of rotatable bonds is 8. The van der Waals surface area contributed by atoms with Gasteiger partial charge in [-0.3, -0.25) is 0 Å². The van der Waals surface area contributed by atoms with E-state index in [0.717, 1.165) is 29.4 Å². The van der Waals surface area contributed by atoms with Crippen LogP contribution in [0, 0.1) is 11.3 Å². The van der Waals surface area contributed by atoms with Gasteiger partial charge in [0, 0.05) is 18.7 Å². The van der Waals surface area contributed by atoms with Crippen LogP contribution in [-0.4, -0.2) is 19.1 Å². The summed E-state index contributed by atoms with van der Waals surface area (Å²) in [5.74, 6) is 1.57. The third-order valence-corrected chi connectivity index (χ3v) is 3.62. The third kappa shape index (κ3) is 7.71. The van der Waals surface area contributed by atoms with E-state index in [-0.39, 0.29) is 24.0 Å². The molecule has 0 heterocycles. The van der Waals surface area contributed by atoms with E-state index < -0.39 is 0 Å². The van der Waals surface area contributed by atoms with Crippen molar-refractivity contribution in [3.8, 4) is 11.8 Å².